The molecule has 94 valence electrons. The van der Waals surface area contributed by atoms with Gasteiger partial charge in [0.05, 0.1) is 6.61 Å². The SMILES string of the molecule is NC(Cc1cc(Cl)cc2c1OCC2)c1ccsc1. The molecule has 18 heavy (non-hydrogen) atoms. The van der Waals surface area contributed by atoms with Gasteiger partial charge < -0.3 is 10.5 Å². The highest BCUT2D eigenvalue weighted by Crippen LogP contribution is 2.35. The highest BCUT2D eigenvalue weighted by atomic mass is 35.5. The van der Waals surface area contributed by atoms with Gasteiger partial charge in [0.2, 0.25) is 0 Å². The average Bonchev–Trinajstić information content (AvgIpc) is 2.98. The van der Waals surface area contributed by atoms with Crippen LogP contribution in [-0.2, 0) is 12.8 Å². The van der Waals surface area contributed by atoms with Crippen molar-refractivity contribution in [2.75, 3.05) is 6.61 Å². The number of nitrogens with two attached hydrogens (primary N) is 1. The molecule has 0 saturated carbocycles. The number of halogens is 1. The minimum absolute atomic E-state index is 0.00279. The number of thiophene rings is 1. The molecule has 3 rings (SSSR count). The third-order valence-corrected chi connectivity index (χ3v) is 4.16. The summed E-state index contributed by atoms with van der Waals surface area (Å²) in [7, 11) is 0. The number of hydrogen-bond donors (Lipinski definition) is 1. The van der Waals surface area contributed by atoms with Gasteiger partial charge in [0.25, 0.3) is 0 Å². The molecule has 0 radical (unpaired) electrons. The Hall–Kier alpha value is -1.03. The number of fused-ring (bicyclic) bond motifs is 1. The maximum absolute atomic E-state index is 6.22. The predicted octanol–water partition coefficient (Wildman–Crippen LogP) is 3.58. The van der Waals surface area contributed by atoms with E-state index in [-0.39, 0.29) is 6.04 Å². The molecule has 0 aliphatic carbocycles. The molecule has 0 fully saturated rings. The zero-order valence-electron chi connectivity index (χ0n) is 9.86. The Bertz CT molecular complexity index is 553. The smallest absolute Gasteiger partial charge is 0.125 e. The minimum Gasteiger partial charge on any atom is -0.493 e. The van der Waals surface area contributed by atoms with Gasteiger partial charge >= 0.3 is 0 Å². The summed E-state index contributed by atoms with van der Waals surface area (Å²) < 4.78 is 5.69. The molecule has 0 bridgehead atoms. The van der Waals surface area contributed by atoms with E-state index in [2.05, 4.69) is 11.4 Å². The third-order valence-electron chi connectivity index (χ3n) is 3.24. The Morgan fingerprint density at radius 3 is 3.11 bits per heavy atom. The van der Waals surface area contributed by atoms with Crippen molar-refractivity contribution < 1.29 is 4.74 Å². The van der Waals surface area contributed by atoms with Crippen LogP contribution in [-0.4, -0.2) is 6.61 Å². The van der Waals surface area contributed by atoms with E-state index in [4.69, 9.17) is 22.1 Å². The van der Waals surface area contributed by atoms with Gasteiger partial charge in [0, 0.05) is 17.5 Å². The van der Waals surface area contributed by atoms with E-state index in [1.54, 1.807) is 11.3 Å². The zero-order valence-corrected chi connectivity index (χ0v) is 11.4. The zero-order chi connectivity index (χ0) is 12.5. The summed E-state index contributed by atoms with van der Waals surface area (Å²) in [4.78, 5) is 0. The first-order valence-corrected chi connectivity index (χ1v) is 7.28. The van der Waals surface area contributed by atoms with Crippen LogP contribution in [0.3, 0.4) is 0 Å². The fourth-order valence-electron chi connectivity index (χ4n) is 2.34. The summed E-state index contributed by atoms with van der Waals surface area (Å²) in [6.07, 6.45) is 1.70. The Labute approximate surface area is 115 Å². The molecule has 1 unspecified atom stereocenters. The maximum Gasteiger partial charge on any atom is 0.125 e. The molecule has 4 heteroatoms. The molecule has 2 aromatic rings. The fraction of sp³-hybridized carbons (Fsp3) is 0.286. The predicted molar refractivity (Wildman–Crippen MR) is 75.6 cm³/mol. The van der Waals surface area contributed by atoms with E-state index in [9.17, 15) is 0 Å². The van der Waals surface area contributed by atoms with E-state index >= 15 is 0 Å². The summed E-state index contributed by atoms with van der Waals surface area (Å²) in [5.74, 6) is 0.991. The van der Waals surface area contributed by atoms with Crippen LogP contribution in [0.5, 0.6) is 5.75 Å². The number of benzene rings is 1. The molecule has 1 atom stereocenters. The number of hydrogen-bond acceptors (Lipinski definition) is 3. The number of ether oxygens (including phenoxy) is 1. The summed E-state index contributed by atoms with van der Waals surface area (Å²) in [6.45, 7) is 0.746. The van der Waals surface area contributed by atoms with E-state index in [0.29, 0.717) is 0 Å². The summed E-state index contributed by atoms with van der Waals surface area (Å²) >= 11 is 7.81. The van der Waals surface area contributed by atoms with E-state index < -0.39 is 0 Å². The second-order valence-electron chi connectivity index (χ2n) is 4.52. The molecule has 0 amide bonds. The maximum atomic E-state index is 6.22. The van der Waals surface area contributed by atoms with Crippen molar-refractivity contribution in [3.05, 3.63) is 50.7 Å². The number of rotatable bonds is 3. The molecular formula is C14H14ClNOS. The highest BCUT2D eigenvalue weighted by molar-refractivity contribution is 7.07. The van der Waals surface area contributed by atoms with Gasteiger partial charge in [-0.25, -0.2) is 0 Å². The first kappa shape index (κ1) is 12.0. The van der Waals surface area contributed by atoms with E-state index in [0.717, 1.165) is 35.8 Å². The van der Waals surface area contributed by atoms with Crippen LogP contribution < -0.4 is 10.5 Å². The topological polar surface area (TPSA) is 35.2 Å². The molecule has 2 N–H and O–H groups in total. The highest BCUT2D eigenvalue weighted by Gasteiger charge is 2.19. The van der Waals surface area contributed by atoms with Crippen LogP contribution in [0.25, 0.3) is 0 Å². The summed E-state index contributed by atoms with van der Waals surface area (Å²) in [6, 6.07) is 6.03. The van der Waals surface area contributed by atoms with Crippen LogP contribution in [0.2, 0.25) is 5.02 Å². The second-order valence-corrected chi connectivity index (χ2v) is 5.74. The lowest BCUT2D eigenvalue weighted by atomic mass is 9.99. The van der Waals surface area contributed by atoms with Crippen LogP contribution >= 0.6 is 22.9 Å². The Morgan fingerprint density at radius 2 is 2.33 bits per heavy atom. The molecule has 2 heterocycles. The normalized spacial score (nSPS) is 15.2. The molecule has 0 spiro atoms. The largest absolute Gasteiger partial charge is 0.493 e. The van der Waals surface area contributed by atoms with Crippen molar-refractivity contribution in [1.29, 1.82) is 0 Å². The lowest BCUT2D eigenvalue weighted by Crippen LogP contribution is -2.13. The van der Waals surface area contributed by atoms with Crippen molar-refractivity contribution in [1.82, 2.24) is 0 Å². The van der Waals surface area contributed by atoms with Gasteiger partial charge in [-0.15, -0.1) is 0 Å². The summed E-state index contributed by atoms with van der Waals surface area (Å²) in [5, 5.41) is 4.91. The van der Waals surface area contributed by atoms with Gasteiger partial charge in [-0.3, -0.25) is 0 Å². The lowest BCUT2D eigenvalue weighted by molar-refractivity contribution is 0.352. The van der Waals surface area contributed by atoms with Crippen LogP contribution in [0.4, 0.5) is 0 Å². The van der Waals surface area contributed by atoms with Crippen molar-refractivity contribution in [3.63, 3.8) is 0 Å². The molecule has 1 aliphatic heterocycles. The third kappa shape index (κ3) is 2.26. The minimum atomic E-state index is 0.00279. The van der Waals surface area contributed by atoms with Crippen LogP contribution in [0, 0.1) is 0 Å². The Kier molecular flexibility index (Phi) is 3.29. The van der Waals surface area contributed by atoms with Crippen LogP contribution in [0.1, 0.15) is 22.7 Å². The Balaban J connectivity index is 1.89. The fourth-order valence-corrected chi connectivity index (χ4v) is 3.33. The van der Waals surface area contributed by atoms with Crippen molar-refractivity contribution in [2.45, 2.75) is 18.9 Å². The van der Waals surface area contributed by atoms with Gasteiger partial charge in [0.15, 0.2) is 0 Å². The van der Waals surface area contributed by atoms with Gasteiger partial charge in [0.1, 0.15) is 5.75 Å². The molecule has 1 aromatic heterocycles. The molecule has 0 saturated heterocycles. The van der Waals surface area contributed by atoms with Crippen molar-refractivity contribution in [3.8, 4) is 5.75 Å². The Morgan fingerprint density at radius 1 is 1.44 bits per heavy atom. The van der Waals surface area contributed by atoms with E-state index in [1.807, 2.05) is 17.5 Å². The summed E-state index contributed by atoms with van der Waals surface area (Å²) in [5.41, 5.74) is 9.72. The van der Waals surface area contributed by atoms with Gasteiger partial charge in [-0.05, 0) is 52.1 Å². The van der Waals surface area contributed by atoms with Gasteiger partial charge in [-0.1, -0.05) is 11.6 Å². The monoisotopic (exact) mass is 279 g/mol. The van der Waals surface area contributed by atoms with Gasteiger partial charge in [-0.2, -0.15) is 11.3 Å². The standard InChI is InChI=1S/C14H14ClNOS/c15-12-5-9-1-3-17-14(9)11(6-12)7-13(16)10-2-4-18-8-10/h2,4-6,8,13H,1,3,7,16H2. The van der Waals surface area contributed by atoms with E-state index in [1.165, 1.54) is 11.1 Å². The molecule has 1 aromatic carbocycles. The average molecular weight is 280 g/mol. The first-order valence-electron chi connectivity index (χ1n) is 5.96. The quantitative estimate of drug-likeness (QED) is 0.932. The van der Waals surface area contributed by atoms with Crippen LogP contribution in [0.15, 0.2) is 29.0 Å². The lowest BCUT2D eigenvalue weighted by Gasteiger charge is -2.13. The van der Waals surface area contributed by atoms with Crippen molar-refractivity contribution >= 4 is 22.9 Å². The molecule has 2 nitrogen and oxygen atoms in total. The molecular weight excluding hydrogens is 266 g/mol. The first-order chi connectivity index (χ1) is 8.74. The second kappa shape index (κ2) is 4.92. The van der Waals surface area contributed by atoms with Crippen molar-refractivity contribution in [2.24, 2.45) is 5.73 Å². The molecule has 1 aliphatic rings.